The van der Waals surface area contributed by atoms with Gasteiger partial charge >= 0.3 is 6.03 Å². The lowest BCUT2D eigenvalue weighted by Crippen LogP contribution is -2.47. The summed E-state index contributed by atoms with van der Waals surface area (Å²) in [5.41, 5.74) is 1.24. The number of piperidine rings is 1. The first-order valence-electron chi connectivity index (χ1n) is 7.01. The largest absolute Gasteiger partial charge is 0.338 e. The predicted octanol–water partition coefficient (Wildman–Crippen LogP) is 3.06. The van der Waals surface area contributed by atoms with Crippen LogP contribution >= 0.6 is 0 Å². The zero-order valence-corrected chi connectivity index (χ0v) is 11.4. The third-order valence-corrected chi connectivity index (χ3v) is 3.54. The number of carbonyl (C=O) groups excluding carboxylic acids is 1. The SMILES string of the molecule is O=C(NCCCc1ccccc1)N1CCC(F)(F)CC1. The van der Waals surface area contributed by atoms with Gasteiger partial charge in [-0.3, -0.25) is 0 Å². The number of nitrogens with one attached hydrogen (secondary N) is 1. The van der Waals surface area contributed by atoms with Crippen molar-refractivity contribution < 1.29 is 13.6 Å². The van der Waals surface area contributed by atoms with Crippen LogP contribution in [0.5, 0.6) is 0 Å². The number of aryl methyl sites for hydroxylation is 1. The van der Waals surface area contributed by atoms with Crippen molar-refractivity contribution in [3.63, 3.8) is 0 Å². The highest BCUT2D eigenvalue weighted by Crippen LogP contribution is 2.27. The van der Waals surface area contributed by atoms with Crippen molar-refractivity contribution in [1.29, 1.82) is 0 Å². The van der Waals surface area contributed by atoms with Gasteiger partial charge in [-0.1, -0.05) is 30.3 Å². The van der Waals surface area contributed by atoms with Crippen LogP contribution < -0.4 is 5.32 Å². The van der Waals surface area contributed by atoms with E-state index in [2.05, 4.69) is 17.4 Å². The van der Waals surface area contributed by atoms with Crippen molar-refractivity contribution in [2.45, 2.75) is 31.6 Å². The number of nitrogens with zero attached hydrogens (tertiary/aromatic N) is 1. The Balaban J connectivity index is 1.63. The number of benzene rings is 1. The molecule has 0 bridgehead atoms. The molecule has 20 heavy (non-hydrogen) atoms. The second-order valence-corrected chi connectivity index (χ2v) is 5.16. The summed E-state index contributed by atoms with van der Waals surface area (Å²) in [6.45, 7) is 0.843. The molecule has 2 amide bonds. The van der Waals surface area contributed by atoms with E-state index in [4.69, 9.17) is 0 Å². The van der Waals surface area contributed by atoms with Crippen LogP contribution in [0, 0.1) is 0 Å². The van der Waals surface area contributed by atoms with Gasteiger partial charge in [0.15, 0.2) is 0 Å². The molecule has 1 saturated heterocycles. The van der Waals surface area contributed by atoms with Crippen LogP contribution in [0.25, 0.3) is 0 Å². The molecule has 3 nitrogen and oxygen atoms in total. The lowest BCUT2D eigenvalue weighted by molar-refractivity contribution is -0.0469. The Kier molecular flexibility index (Phi) is 4.93. The molecule has 0 radical (unpaired) electrons. The standard InChI is InChI=1S/C15H20F2N2O/c16-15(17)8-11-19(12-9-15)14(20)18-10-4-7-13-5-2-1-3-6-13/h1-3,5-6H,4,7-12H2,(H,18,20). The zero-order chi connectivity index (χ0) is 14.4. The molecule has 0 aromatic heterocycles. The molecule has 1 heterocycles. The number of hydrogen-bond acceptors (Lipinski definition) is 1. The van der Waals surface area contributed by atoms with Gasteiger partial charge in [-0.15, -0.1) is 0 Å². The van der Waals surface area contributed by atoms with Gasteiger partial charge in [0.2, 0.25) is 0 Å². The van der Waals surface area contributed by atoms with Crippen LogP contribution in [0.2, 0.25) is 0 Å². The fourth-order valence-electron chi connectivity index (χ4n) is 2.28. The van der Waals surface area contributed by atoms with Crippen LogP contribution in [0.4, 0.5) is 13.6 Å². The van der Waals surface area contributed by atoms with E-state index in [-0.39, 0.29) is 32.0 Å². The van der Waals surface area contributed by atoms with Crippen molar-refractivity contribution in [1.82, 2.24) is 10.2 Å². The molecular weight excluding hydrogens is 262 g/mol. The topological polar surface area (TPSA) is 32.3 Å². The summed E-state index contributed by atoms with van der Waals surface area (Å²) in [6, 6.07) is 9.82. The van der Waals surface area contributed by atoms with Crippen LogP contribution in [-0.4, -0.2) is 36.5 Å². The Hall–Kier alpha value is -1.65. The first-order chi connectivity index (χ1) is 9.57. The highest BCUT2D eigenvalue weighted by atomic mass is 19.3. The van der Waals surface area contributed by atoms with E-state index in [0.29, 0.717) is 6.54 Å². The molecule has 0 unspecified atom stereocenters. The fraction of sp³-hybridized carbons (Fsp3) is 0.533. The maximum atomic E-state index is 13.0. The van der Waals surface area contributed by atoms with Crippen molar-refractivity contribution in [2.75, 3.05) is 19.6 Å². The fourth-order valence-corrected chi connectivity index (χ4v) is 2.28. The number of amides is 2. The van der Waals surface area contributed by atoms with Gasteiger partial charge in [-0.05, 0) is 18.4 Å². The molecule has 1 aromatic rings. The van der Waals surface area contributed by atoms with Gasteiger partial charge in [0, 0.05) is 32.5 Å². The Morgan fingerprint density at radius 2 is 1.85 bits per heavy atom. The second-order valence-electron chi connectivity index (χ2n) is 5.16. The summed E-state index contributed by atoms with van der Waals surface area (Å²) in [5.74, 6) is -2.61. The molecule has 0 atom stereocenters. The van der Waals surface area contributed by atoms with E-state index in [1.165, 1.54) is 10.5 Å². The number of alkyl halides is 2. The second kappa shape index (κ2) is 6.68. The van der Waals surface area contributed by atoms with Crippen molar-refractivity contribution >= 4 is 6.03 Å². The predicted molar refractivity (Wildman–Crippen MR) is 73.9 cm³/mol. The Morgan fingerprint density at radius 1 is 1.20 bits per heavy atom. The minimum Gasteiger partial charge on any atom is -0.338 e. The average Bonchev–Trinajstić information content (AvgIpc) is 2.44. The van der Waals surface area contributed by atoms with E-state index < -0.39 is 5.92 Å². The van der Waals surface area contributed by atoms with Gasteiger partial charge in [-0.2, -0.15) is 0 Å². The van der Waals surface area contributed by atoms with E-state index in [1.807, 2.05) is 18.2 Å². The molecule has 2 rings (SSSR count). The summed E-state index contributed by atoms with van der Waals surface area (Å²) in [4.78, 5) is 13.3. The van der Waals surface area contributed by atoms with Gasteiger partial charge < -0.3 is 10.2 Å². The van der Waals surface area contributed by atoms with Gasteiger partial charge in [0.05, 0.1) is 0 Å². The van der Waals surface area contributed by atoms with Gasteiger partial charge in [0.25, 0.3) is 5.92 Å². The molecule has 0 saturated carbocycles. The highest BCUT2D eigenvalue weighted by Gasteiger charge is 2.35. The molecule has 1 N–H and O–H groups in total. The highest BCUT2D eigenvalue weighted by molar-refractivity contribution is 5.74. The molecule has 1 aliphatic rings. The van der Waals surface area contributed by atoms with Crippen LogP contribution in [-0.2, 0) is 6.42 Å². The molecule has 0 aliphatic carbocycles. The molecule has 110 valence electrons. The lowest BCUT2D eigenvalue weighted by atomic mass is 10.1. The first kappa shape index (κ1) is 14.8. The number of hydrogen-bond donors (Lipinski definition) is 1. The van der Waals surface area contributed by atoms with Crippen LogP contribution in [0.15, 0.2) is 30.3 Å². The number of urea groups is 1. The van der Waals surface area contributed by atoms with Crippen molar-refractivity contribution in [3.05, 3.63) is 35.9 Å². The monoisotopic (exact) mass is 282 g/mol. The molecule has 1 fully saturated rings. The lowest BCUT2D eigenvalue weighted by Gasteiger charge is -2.31. The zero-order valence-electron chi connectivity index (χ0n) is 11.4. The maximum Gasteiger partial charge on any atom is 0.317 e. The quantitative estimate of drug-likeness (QED) is 0.846. The van der Waals surface area contributed by atoms with Gasteiger partial charge in [0.1, 0.15) is 0 Å². The van der Waals surface area contributed by atoms with Crippen molar-refractivity contribution in [3.8, 4) is 0 Å². The molecule has 1 aromatic carbocycles. The summed E-state index contributed by atoms with van der Waals surface area (Å²) < 4.78 is 26.0. The van der Waals surface area contributed by atoms with E-state index in [1.54, 1.807) is 0 Å². The maximum absolute atomic E-state index is 13.0. The minimum atomic E-state index is -2.61. The summed E-state index contributed by atoms with van der Waals surface area (Å²) in [6.07, 6.45) is 1.29. The molecule has 1 aliphatic heterocycles. The van der Waals surface area contributed by atoms with E-state index >= 15 is 0 Å². The minimum absolute atomic E-state index is 0.136. The average molecular weight is 282 g/mol. The number of rotatable bonds is 4. The molecule has 5 heteroatoms. The third-order valence-electron chi connectivity index (χ3n) is 3.54. The Bertz CT molecular complexity index is 427. The third kappa shape index (κ3) is 4.47. The molecule has 0 spiro atoms. The van der Waals surface area contributed by atoms with Crippen LogP contribution in [0.1, 0.15) is 24.8 Å². The summed E-state index contributed by atoms with van der Waals surface area (Å²) in [7, 11) is 0. The van der Waals surface area contributed by atoms with Crippen LogP contribution in [0.3, 0.4) is 0 Å². The smallest absolute Gasteiger partial charge is 0.317 e. The van der Waals surface area contributed by atoms with E-state index in [9.17, 15) is 13.6 Å². The Morgan fingerprint density at radius 3 is 2.50 bits per heavy atom. The van der Waals surface area contributed by atoms with E-state index in [0.717, 1.165) is 12.8 Å². The van der Waals surface area contributed by atoms with Gasteiger partial charge in [-0.25, -0.2) is 13.6 Å². The Labute approximate surface area is 118 Å². The number of likely N-dealkylation sites (tertiary alicyclic amines) is 1. The summed E-state index contributed by atoms with van der Waals surface area (Å²) in [5, 5.41) is 2.79. The number of carbonyl (C=O) groups is 1. The summed E-state index contributed by atoms with van der Waals surface area (Å²) >= 11 is 0. The molecular formula is C15H20F2N2O. The van der Waals surface area contributed by atoms with Crippen molar-refractivity contribution in [2.24, 2.45) is 0 Å². The normalized spacial score (nSPS) is 17.8. The first-order valence-corrected chi connectivity index (χ1v) is 7.01. The number of halogens is 2.